The third-order valence-corrected chi connectivity index (χ3v) is 3.21. The summed E-state index contributed by atoms with van der Waals surface area (Å²) < 4.78 is 0. The third kappa shape index (κ3) is 4.91. The van der Waals surface area contributed by atoms with Crippen LogP contribution >= 0.6 is 0 Å². The van der Waals surface area contributed by atoms with Crippen LogP contribution in [0.5, 0.6) is 0 Å². The Morgan fingerprint density at radius 3 is 2.39 bits per heavy atom. The van der Waals surface area contributed by atoms with E-state index in [2.05, 4.69) is 10.6 Å². The lowest BCUT2D eigenvalue weighted by molar-refractivity contribution is -0.139. The van der Waals surface area contributed by atoms with Crippen molar-refractivity contribution in [1.82, 2.24) is 10.6 Å². The van der Waals surface area contributed by atoms with Crippen molar-refractivity contribution in [3.05, 3.63) is 0 Å². The minimum Gasteiger partial charge on any atom is -0.480 e. The molecule has 0 aromatic rings. The summed E-state index contributed by atoms with van der Waals surface area (Å²) >= 11 is 0. The number of aliphatic hydroxyl groups excluding tert-OH is 1. The summed E-state index contributed by atoms with van der Waals surface area (Å²) in [4.78, 5) is 22.5. The van der Waals surface area contributed by atoms with Crippen LogP contribution in [-0.4, -0.2) is 40.4 Å². The summed E-state index contributed by atoms with van der Waals surface area (Å²) in [5.41, 5.74) is 0. The first-order chi connectivity index (χ1) is 8.52. The normalized spacial score (nSPS) is 25.2. The molecule has 104 valence electrons. The maximum Gasteiger partial charge on any atom is 0.326 e. The lowest BCUT2D eigenvalue weighted by atomic mass is 9.93. The van der Waals surface area contributed by atoms with E-state index in [0.717, 1.165) is 12.8 Å². The Bertz CT molecular complexity index is 288. The van der Waals surface area contributed by atoms with Crippen molar-refractivity contribution in [3.63, 3.8) is 0 Å². The van der Waals surface area contributed by atoms with Crippen molar-refractivity contribution in [1.29, 1.82) is 0 Å². The van der Waals surface area contributed by atoms with Gasteiger partial charge in [-0.1, -0.05) is 13.3 Å². The van der Waals surface area contributed by atoms with E-state index in [1.807, 2.05) is 6.92 Å². The van der Waals surface area contributed by atoms with Crippen LogP contribution in [0.2, 0.25) is 0 Å². The lowest BCUT2D eigenvalue weighted by Gasteiger charge is -2.26. The number of nitrogens with one attached hydrogen (secondary N) is 2. The first kappa shape index (κ1) is 14.8. The van der Waals surface area contributed by atoms with E-state index in [9.17, 15) is 14.7 Å². The molecule has 0 aromatic carbocycles. The van der Waals surface area contributed by atoms with Crippen molar-refractivity contribution in [2.45, 2.75) is 63.6 Å². The first-order valence-corrected chi connectivity index (χ1v) is 6.50. The Kier molecular flexibility index (Phi) is 5.91. The molecule has 0 aliphatic heterocycles. The molecule has 0 heterocycles. The molecule has 1 saturated carbocycles. The van der Waals surface area contributed by atoms with Crippen molar-refractivity contribution in [2.75, 3.05) is 0 Å². The second-order valence-corrected chi connectivity index (χ2v) is 4.80. The second-order valence-electron chi connectivity index (χ2n) is 4.80. The molecular weight excluding hydrogens is 236 g/mol. The van der Waals surface area contributed by atoms with Crippen LogP contribution in [0, 0.1) is 0 Å². The maximum atomic E-state index is 11.6. The summed E-state index contributed by atoms with van der Waals surface area (Å²) in [6.07, 6.45) is 3.70. The quantitative estimate of drug-likeness (QED) is 0.587. The average molecular weight is 258 g/mol. The Hall–Kier alpha value is -1.30. The summed E-state index contributed by atoms with van der Waals surface area (Å²) in [7, 11) is 0. The number of aliphatic hydroxyl groups is 1. The number of carbonyl (C=O) groups excluding carboxylic acids is 1. The highest BCUT2D eigenvalue weighted by atomic mass is 16.4. The second kappa shape index (κ2) is 7.20. The molecule has 1 rings (SSSR count). The molecule has 1 atom stereocenters. The fourth-order valence-electron chi connectivity index (χ4n) is 2.15. The molecule has 6 heteroatoms. The van der Waals surface area contributed by atoms with Crippen LogP contribution < -0.4 is 10.6 Å². The summed E-state index contributed by atoms with van der Waals surface area (Å²) in [6.45, 7) is 1.87. The van der Waals surface area contributed by atoms with Gasteiger partial charge >= 0.3 is 12.0 Å². The van der Waals surface area contributed by atoms with Crippen LogP contribution in [0.25, 0.3) is 0 Å². The number of rotatable bonds is 5. The predicted molar refractivity (Wildman–Crippen MR) is 66.3 cm³/mol. The van der Waals surface area contributed by atoms with Crippen molar-refractivity contribution < 1.29 is 19.8 Å². The van der Waals surface area contributed by atoms with Gasteiger partial charge in [0.25, 0.3) is 0 Å². The number of urea groups is 1. The Morgan fingerprint density at radius 1 is 1.28 bits per heavy atom. The van der Waals surface area contributed by atoms with Gasteiger partial charge in [0.2, 0.25) is 0 Å². The molecule has 1 fully saturated rings. The van der Waals surface area contributed by atoms with Gasteiger partial charge in [0.15, 0.2) is 0 Å². The van der Waals surface area contributed by atoms with Crippen LogP contribution in [0.3, 0.4) is 0 Å². The van der Waals surface area contributed by atoms with Gasteiger partial charge in [0, 0.05) is 6.04 Å². The lowest BCUT2D eigenvalue weighted by Crippen LogP contribution is -2.49. The van der Waals surface area contributed by atoms with E-state index in [-0.39, 0.29) is 12.1 Å². The van der Waals surface area contributed by atoms with E-state index in [1.54, 1.807) is 0 Å². The number of aliphatic carboxylic acids is 1. The highest BCUT2D eigenvalue weighted by molar-refractivity contribution is 5.82. The predicted octanol–water partition coefficient (Wildman–Crippen LogP) is 0.842. The maximum absolute atomic E-state index is 11.6. The van der Waals surface area contributed by atoms with Gasteiger partial charge in [-0.2, -0.15) is 0 Å². The number of carbonyl (C=O) groups is 2. The Balaban J connectivity index is 2.33. The molecule has 4 N–H and O–H groups in total. The Morgan fingerprint density at radius 2 is 1.89 bits per heavy atom. The van der Waals surface area contributed by atoms with Gasteiger partial charge in [0.1, 0.15) is 6.04 Å². The highest BCUT2D eigenvalue weighted by Crippen LogP contribution is 2.18. The van der Waals surface area contributed by atoms with Gasteiger partial charge in [-0.05, 0) is 32.1 Å². The minimum absolute atomic E-state index is 0.0319. The number of hydrogen-bond donors (Lipinski definition) is 4. The molecular formula is C12H22N2O4. The van der Waals surface area contributed by atoms with E-state index in [4.69, 9.17) is 5.11 Å². The van der Waals surface area contributed by atoms with Gasteiger partial charge in [0.05, 0.1) is 6.10 Å². The van der Waals surface area contributed by atoms with Gasteiger partial charge in [-0.25, -0.2) is 9.59 Å². The van der Waals surface area contributed by atoms with Gasteiger partial charge in [-0.15, -0.1) is 0 Å². The van der Waals surface area contributed by atoms with E-state index >= 15 is 0 Å². The number of amides is 2. The SMILES string of the molecule is CCC[C@@H](NC(=O)NC1CCC(O)CC1)C(=O)O. The van der Waals surface area contributed by atoms with Crippen molar-refractivity contribution >= 4 is 12.0 Å². The van der Waals surface area contributed by atoms with E-state index in [1.165, 1.54) is 0 Å². The van der Waals surface area contributed by atoms with Crippen molar-refractivity contribution in [3.8, 4) is 0 Å². The standard InChI is InChI=1S/C12H22N2O4/c1-2-3-10(11(16)17)14-12(18)13-8-4-6-9(15)7-5-8/h8-10,15H,2-7H2,1H3,(H,16,17)(H2,13,14,18)/t8?,9?,10-/m1/s1. The molecule has 0 spiro atoms. The zero-order valence-electron chi connectivity index (χ0n) is 10.7. The fraction of sp³-hybridized carbons (Fsp3) is 0.833. The first-order valence-electron chi connectivity index (χ1n) is 6.50. The van der Waals surface area contributed by atoms with E-state index < -0.39 is 18.0 Å². The zero-order chi connectivity index (χ0) is 13.5. The highest BCUT2D eigenvalue weighted by Gasteiger charge is 2.23. The Labute approximate surface area is 107 Å². The molecule has 1 aliphatic rings. The van der Waals surface area contributed by atoms with Crippen LogP contribution in [-0.2, 0) is 4.79 Å². The van der Waals surface area contributed by atoms with E-state index in [0.29, 0.717) is 25.7 Å². The number of carboxylic acid groups (broad SMARTS) is 1. The molecule has 0 unspecified atom stereocenters. The van der Waals surface area contributed by atoms with Crippen LogP contribution in [0.1, 0.15) is 45.4 Å². The average Bonchev–Trinajstić information content (AvgIpc) is 2.31. The largest absolute Gasteiger partial charge is 0.480 e. The zero-order valence-corrected chi connectivity index (χ0v) is 10.7. The summed E-state index contributed by atoms with van der Waals surface area (Å²) in [6, 6.07) is -1.23. The number of carboxylic acids is 1. The molecule has 0 saturated heterocycles. The fourth-order valence-corrected chi connectivity index (χ4v) is 2.15. The van der Waals surface area contributed by atoms with Crippen LogP contribution in [0.15, 0.2) is 0 Å². The smallest absolute Gasteiger partial charge is 0.326 e. The summed E-state index contributed by atoms with van der Waals surface area (Å²) in [5, 5.41) is 23.5. The van der Waals surface area contributed by atoms with Crippen LogP contribution in [0.4, 0.5) is 4.79 Å². The minimum atomic E-state index is -1.01. The van der Waals surface area contributed by atoms with Gasteiger partial charge < -0.3 is 20.8 Å². The molecule has 0 bridgehead atoms. The molecule has 18 heavy (non-hydrogen) atoms. The van der Waals surface area contributed by atoms with Gasteiger partial charge in [-0.3, -0.25) is 0 Å². The third-order valence-electron chi connectivity index (χ3n) is 3.21. The molecule has 0 radical (unpaired) electrons. The molecule has 6 nitrogen and oxygen atoms in total. The monoisotopic (exact) mass is 258 g/mol. The number of hydrogen-bond acceptors (Lipinski definition) is 3. The molecule has 1 aliphatic carbocycles. The topological polar surface area (TPSA) is 98.7 Å². The molecule has 0 aromatic heterocycles. The van der Waals surface area contributed by atoms with Crippen molar-refractivity contribution in [2.24, 2.45) is 0 Å². The summed E-state index contributed by atoms with van der Waals surface area (Å²) in [5.74, 6) is -1.01. The molecule has 2 amide bonds.